The van der Waals surface area contributed by atoms with Gasteiger partial charge < -0.3 is 9.67 Å². The number of carbonyl (C=O) groups is 1. The van der Waals surface area contributed by atoms with Crippen molar-refractivity contribution in [3.8, 4) is 11.4 Å². The second-order valence-electron chi connectivity index (χ2n) is 7.53. The minimum atomic E-state index is -0.912. The molecule has 1 aliphatic rings. The van der Waals surface area contributed by atoms with Gasteiger partial charge in [-0.15, -0.1) is 0 Å². The third-order valence-corrected chi connectivity index (χ3v) is 5.46. The first kappa shape index (κ1) is 16.8. The lowest BCUT2D eigenvalue weighted by atomic mass is 10.0. The molecule has 0 bridgehead atoms. The molecule has 2 aromatic carbocycles. The van der Waals surface area contributed by atoms with Crippen LogP contribution < -0.4 is 0 Å². The summed E-state index contributed by atoms with van der Waals surface area (Å²) in [5.41, 5.74) is 4.49. The number of benzene rings is 2. The second kappa shape index (κ2) is 6.60. The van der Waals surface area contributed by atoms with Crippen LogP contribution in [0.15, 0.2) is 42.5 Å². The van der Waals surface area contributed by atoms with E-state index in [1.54, 1.807) is 12.1 Å². The van der Waals surface area contributed by atoms with Gasteiger partial charge in [0, 0.05) is 11.6 Å². The van der Waals surface area contributed by atoms with Gasteiger partial charge in [0.15, 0.2) is 0 Å². The molecule has 3 aromatic rings. The van der Waals surface area contributed by atoms with Crippen LogP contribution in [0.25, 0.3) is 22.4 Å². The zero-order chi connectivity index (χ0) is 18.3. The summed E-state index contributed by atoms with van der Waals surface area (Å²) >= 11 is 0. The third kappa shape index (κ3) is 2.90. The van der Waals surface area contributed by atoms with Crippen LogP contribution in [0.2, 0.25) is 0 Å². The number of aromatic carboxylic acids is 1. The summed E-state index contributed by atoms with van der Waals surface area (Å²) in [6.45, 7) is 4.38. The van der Waals surface area contributed by atoms with Crippen LogP contribution in [0, 0.1) is 0 Å². The Morgan fingerprint density at radius 3 is 2.42 bits per heavy atom. The highest BCUT2D eigenvalue weighted by molar-refractivity contribution is 5.93. The van der Waals surface area contributed by atoms with Crippen LogP contribution in [0.3, 0.4) is 0 Å². The van der Waals surface area contributed by atoms with Gasteiger partial charge >= 0.3 is 5.97 Å². The third-order valence-electron chi connectivity index (χ3n) is 5.46. The number of hydrogen-bond donors (Lipinski definition) is 1. The van der Waals surface area contributed by atoms with Crippen molar-refractivity contribution in [1.82, 2.24) is 9.55 Å². The fourth-order valence-electron chi connectivity index (χ4n) is 3.98. The number of aromatic nitrogens is 2. The smallest absolute Gasteiger partial charge is 0.335 e. The molecule has 0 aliphatic heterocycles. The molecule has 4 heteroatoms. The molecule has 0 atom stereocenters. The van der Waals surface area contributed by atoms with Gasteiger partial charge in [0.25, 0.3) is 0 Å². The molecule has 1 saturated carbocycles. The molecular weight excluding hydrogens is 324 g/mol. The van der Waals surface area contributed by atoms with E-state index in [4.69, 9.17) is 4.98 Å². The summed E-state index contributed by atoms with van der Waals surface area (Å²) < 4.78 is 2.33. The number of rotatable bonds is 4. The van der Waals surface area contributed by atoms with Gasteiger partial charge in [-0.1, -0.05) is 51.0 Å². The van der Waals surface area contributed by atoms with E-state index in [9.17, 15) is 9.90 Å². The number of fused-ring (bicyclic) bond motifs is 1. The topological polar surface area (TPSA) is 55.1 Å². The molecule has 4 rings (SSSR count). The first-order valence-corrected chi connectivity index (χ1v) is 9.40. The number of carboxylic acids is 1. The Morgan fingerprint density at radius 2 is 1.81 bits per heavy atom. The van der Waals surface area contributed by atoms with Crippen LogP contribution in [0.1, 0.15) is 67.4 Å². The average Bonchev–Trinajstić information content (AvgIpc) is 3.28. The summed E-state index contributed by atoms with van der Waals surface area (Å²) in [5.74, 6) is 0.533. The Labute approximate surface area is 153 Å². The molecule has 26 heavy (non-hydrogen) atoms. The van der Waals surface area contributed by atoms with Gasteiger partial charge in [-0.25, -0.2) is 9.78 Å². The minimum Gasteiger partial charge on any atom is -0.478 e. The van der Waals surface area contributed by atoms with Crippen LogP contribution in [-0.4, -0.2) is 20.6 Å². The molecular formula is C22H24N2O2. The average molecular weight is 348 g/mol. The van der Waals surface area contributed by atoms with E-state index in [1.165, 1.54) is 18.4 Å². The number of hydrogen-bond acceptors (Lipinski definition) is 2. The lowest BCUT2D eigenvalue weighted by molar-refractivity contribution is 0.0697. The lowest BCUT2D eigenvalue weighted by Gasteiger charge is -2.17. The van der Waals surface area contributed by atoms with Crippen molar-refractivity contribution in [2.45, 2.75) is 51.5 Å². The van der Waals surface area contributed by atoms with E-state index in [-0.39, 0.29) is 5.56 Å². The molecule has 0 amide bonds. The molecule has 1 aromatic heterocycles. The monoisotopic (exact) mass is 348 g/mol. The Morgan fingerprint density at radius 1 is 1.12 bits per heavy atom. The second-order valence-corrected chi connectivity index (χ2v) is 7.53. The van der Waals surface area contributed by atoms with Gasteiger partial charge in [0.1, 0.15) is 5.82 Å². The van der Waals surface area contributed by atoms with E-state index in [0.717, 1.165) is 35.3 Å². The predicted molar refractivity (Wildman–Crippen MR) is 104 cm³/mol. The molecule has 0 unspecified atom stereocenters. The Balaban J connectivity index is 1.88. The van der Waals surface area contributed by atoms with E-state index in [1.807, 2.05) is 6.07 Å². The van der Waals surface area contributed by atoms with Crippen molar-refractivity contribution in [3.63, 3.8) is 0 Å². The van der Waals surface area contributed by atoms with Gasteiger partial charge in [0.2, 0.25) is 0 Å². The number of carboxylic acid groups (broad SMARTS) is 1. The summed E-state index contributed by atoms with van der Waals surface area (Å²) in [5, 5.41) is 9.30. The van der Waals surface area contributed by atoms with Crippen molar-refractivity contribution in [2.24, 2.45) is 0 Å². The maximum atomic E-state index is 11.3. The maximum absolute atomic E-state index is 11.3. The number of nitrogens with zero attached hydrogens (tertiary/aromatic N) is 2. The number of imidazole rings is 1. The van der Waals surface area contributed by atoms with Crippen molar-refractivity contribution in [1.29, 1.82) is 0 Å². The van der Waals surface area contributed by atoms with Crippen molar-refractivity contribution in [3.05, 3.63) is 53.6 Å². The quantitative estimate of drug-likeness (QED) is 0.664. The lowest BCUT2D eigenvalue weighted by Crippen LogP contribution is -2.07. The zero-order valence-corrected chi connectivity index (χ0v) is 15.3. The molecule has 0 saturated heterocycles. The minimum absolute atomic E-state index is 0.287. The molecule has 134 valence electrons. The van der Waals surface area contributed by atoms with Crippen LogP contribution in [0.5, 0.6) is 0 Å². The van der Waals surface area contributed by atoms with Crippen LogP contribution in [0.4, 0.5) is 0 Å². The highest BCUT2D eigenvalue weighted by atomic mass is 16.4. The van der Waals surface area contributed by atoms with Crippen molar-refractivity contribution in [2.75, 3.05) is 0 Å². The van der Waals surface area contributed by atoms with Crippen LogP contribution >= 0.6 is 0 Å². The molecule has 1 N–H and O–H groups in total. The van der Waals surface area contributed by atoms with Gasteiger partial charge in [-0.2, -0.15) is 0 Å². The van der Waals surface area contributed by atoms with E-state index in [2.05, 4.69) is 42.7 Å². The molecule has 4 nitrogen and oxygen atoms in total. The molecule has 1 heterocycles. The fourth-order valence-corrected chi connectivity index (χ4v) is 3.98. The van der Waals surface area contributed by atoms with E-state index in [0.29, 0.717) is 12.0 Å². The van der Waals surface area contributed by atoms with Crippen LogP contribution in [-0.2, 0) is 0 Å². The Hall–Kier alpha value is -2.62. The standard InChI is InChI=1S/C22H24N2O2/c1-14(2)15-7-9-16(10-8-15)21-23-19-13-17(22(25)26)11-12-20(19)24(21)18-5-3-4-6-18/h7-14,18H,3-6H2,1-2H3,(H,25,26). The summed E-state index contributed by atoms with van der Waals surface area (Å²) in [7, 11) is 0. The summed E-state index contributed by atoms with van der Waals surface area (Å²) in [6, 6.07) is 14.3. The van der Waals surface area contributed by atoms with Gasteiger partial charge in [-0.3, -0.25) is 0 Å². The van der Waals surface area contributed by atoms with Crippen molar-refractivity contribution < 1.29 is 9.90 Å². The Kier molecular flexibility index (Phi) is 4.27. The highest BCUT2D eigenvalue weighted by Gasteiger charge is 2.24. The van der Waals surface area contributed by atoms with E-state index < -0.39 is 5.97 Å². The predicted octanol–water partition coefficient (Wildman–Crippen LogP) is 5.64. The SMILES string of the molecule is CC(C)c1ccc(-c2nc3cc(C(=O)O)ccc3n2C2CCCC2)cc1. The maximum Gasteiger partial charge on any atom is 0.335 e. The van der Waals surface area contributed by atoms with Gasteiger partial charge in [-0.05, 0) is 42.5 Å². The first-order chi connectivity index (χ1) is 12.5. The largest absolute Gasteiger partial charge is 0.478 e. The fraction of sp³-hybridized carbons (Fsp3) is 0.364. The van der Waals surface area contributed by atoms with Crippen molar-refractivity contribution >= 4 is 17.0 Å². The molecule has 1 fully saturated rings. The first-order valence-electron chi connectivity index (χ1n) is 9.40. The molecule has 1 aliphatic carbocycles. The van der Waals surface area contributed by atoms with E-state index >= 15 is 0 Å². The Bertz CT molecular complexity index is 948. The van der Waals surface area contributed by atoms with Gasteiger partial charge in [0.05, 0.1) is 16.6 Å². The molecule has 0 spiro atoms. The summed E-state index contributed by atoms with van der Waals surface area (Å²) in [4.78, 5) is 16.2. The molecule has 0 radical (unpaired) electrons. The highest BCUT2D eigenvalue weighted by Crippen LogP contribution is 2.37. The zero-order valence-electron chi connectivity index (χ0n) is 15.3. The summed E-state index contributed by atoms with van der Waals surface area (Å²) in [6.07, 6.45) is 4.79. The normalized spacial score (nSPS) is 15.2.